The summed E-state index contributed by atoms with van der Waals surface area (Å²) in [5, 5.41) is 6.02. The number of carbonyl (C=O) groups is 2. The highest BCUT2D eigenvalue weighted by molar-refractivity contribution is 5.97. The molecule has 1 aromatic heterocycles. The molecule has 2 amide bonds. The van der Waals surface area contributed by atoms with E-state index < -0.39 is 17.6 Å². The van der Waals surface area contributed by atoms with E-state index in [4.69, 9.17) is 11.5 Å². The largest absolute Gasteiger partial charge is 0.368 e. The van der Waals surface area contributed by atoms with E-state index in [1.165, 1.54) is 23.2 Å². The van der Waals surface area contributed by atoms with E-state index in [0.29, 0.717) is 11.5 Å². The molecule has 6 N–H and O–H groups in total. The maximum atomic E-state index is 14.3. The van der Waals surface area contributed by atoms with E-state index in [0.717, 1.165) is 12.8 Å². The summed E-state index contributed by atoms with van der Waals surface area (Å²) in [6.45, 7) is -0.0996. The van der Waals surface area contributed by atoms with Crippen molar-refractivity contribution in [2.75, 3.05) is 29.1 Å². The number of halogens is 1. The molecule has 1 fully saturated rings. The van der Waals surface area contributed by atoms with Crippen LogP contribution < -0.4 is 27.0 Å². The van der Waals surface area contributed by atoms with Crippen molar-refractivity contribution in [3.63, 3.8) is 0 Å². The minimum Gasteiger partial charge on any atom is -0.368 e. The Balaban J connectivity index is 1.79. The molecule has 0 spiro atoms. The van der Waals surface area contributed by atoms with Gasteiger partial charge in [-0.05, 0) is 31.0 Å². The van der Waals surface area contributed by atoms with E-state index >= 15 is 0 Å². The second kappa shape index (κ2) is 7.44. The highest BCUT2D eigenvalue weighted by atomic mass is 19.1. The molecule has 27 heavy (non-hydrogen) atoms. The normalized spacial score (nSPS) is 13.1. The summed E-state index contributed by atoms with van der Waals surface area (Å²) < 4.78 is 14.3. The molecule has 1 heterocycles. The lowest BCUT2D eigenvalue weighted by Gasteiger charge is -2.18. The minimum atomic E-state index is -0.627. The zero-order valence-corrected chi connectivity index (χ0v) is 14.7. The fourth-order valence-corrected chi connectivity index (χ4v) is 2.50. The SMILES string of the molecule is CN(CC(N)=O)c1ccc(Nc2ncc(C(N)=O)c(NC3CC3)n2)cc1F. The zero-order chi connectivity index (χ0) is 19.6. The number of nitrogens with one attached hydrogen (secondary N) is 2. The number of hydrogen-bond donors (Lipinski definition) is 4. The van der Waals surface area contributed by atoms with Gasteiger partial charge in [-0.15, -0.1) is 0 Å². The van der Waals surface area contributed by atoms with Crippen molar-refractivity contribution in [3.05, 3.63) is 35.8 Å². The fourth-order valence-electron chi connectivity index (χ4n) is 2.50. The molecule has 0 unspecified atom stereocenters. The van der Waals surface area contributed by atoms with E-state index in [2.05, 4.69) is 20.6 Å². The van der Waals surface area contributed by atoms with Gasteiger partial charge >= 0.3 is 0 Å². The number of hydrogen-bond acceptors (Lipinski definition) is 7. The number of benzene rings is 1. The Morgan fingerprint density at radius 1 is 1.33 bits per heavy atom. The Morgan fingerprint density at radius 3 is 2.67 bits per heavy atom. The molecule has 1 saturated carbocycles. The first-order chi connectivity index (χ1) is 12.8. The number of rotatable bonds is 8. The average Bonchev–Trinajstić information content (AvgIpc) is 3.38. The Bertz CT molecular complexity index is 886. The van der Waals surface area contributed by atoms with Gasteiger partial charge in [0.15, 0.2) is 0 Å². The number of nitrogens with zero attached hydrogens (tertiary/aromatic N) is 3. The maximum absolute atomic E-state index is 14.3. The van der Waals surface area contributed by atoms with Crippen LogP contribution in [0.3, 0.4) is 0 Å². The van der Waals surface area contributed by atoms with Crippen molar-refractivity contribution < 1.29 is 14.0 Å². The van der Waals surface area contributed by atoms with Gasteiger partial charge in [-0.2, -0.15) is 4.98 Å². The lowest BCUT2D eigenvalue weighted by Crippen LogP contribution is -2.31. The van der Waals surface area contributed by atoms with Gasteiger partial charge in [0, 0.05) is 25.0 Å². The Morgan fingerprint density at radius 2 is 2.07 bits per heavy atom. The molecule has 0 atom stereocenters. The molecule has 0 bridgehead atoms. The standard InChI is InChI=1S/C17H20FN7O2/c1-25(8-14(19)26)13-5-4-10(6-12(13)18)23-17-21-7-11(15(20)27)16(24-17)22-9-2-3-9/h4-7,9H,2-3,8H2,1H3,(H2,19,26)(H2,20,27)(H2,21,22,23,24). The average molecular weight is 373 g/mol. The Hall–Kier alpha value is -3.43. The van der Waals surface area contributed by atoms with E-state index in [1.807, 2.05) is 0 Å². The third-order valence-electron chi connectivity index (χ3n) is 3.98. The van der Waals surface area contributed by atoms with Crippen LogP contribution in [0.2, 0.25) is 0 Å². The van der Waals surface area contributed by atoms with Crippen LogP contribution in [0.25, 0.3) is 0 Å². The van der Waals surface area contributed by atoms with Gasteiger partial charge in [0.1, 0.15) is 11.6 Å². The number of nitrogens with two attached hydrogens (primary N) is 2. The molecule has 0 aliphatic heterocycles. The van der Waals surface area contributed by atoms with Gasteiger partial charge in [0.25, 0.3) is 5.91 Å². The molecular formula is C17H20FN7O2. The molecule has 0 radical (unpaired) electrons. The first-order valence-electron chi connectivity index (χ1n) is 8.33. The van der Waals surface area contributed by atoms with E-state index in [9.17, 15) is 14.0 Å². The fraction of sp³-hybridized carbons (Fsp3) is 0.294. The molecule has 0 saturated heterocycles. The third-order valence-corrected chi connectivity index (χ3v) is 3.98. The Kier molecular flexibility index (Phi) is 5.06. The van der Waals surface area contributed by atoms with Crippen molar-refractivity contribution in [2.45, 2.75) is 18.9 Å². The van der Waals surface area contributed by atoms with Gasteiger partial charge in [-0.1, -0.05) is 0 Å². The van der Waals surface area contributed by atoms with E-state index in [-0.39, 0.29) is 29.8 Å². The number of aromatic nitrogens is 2. The minimum absolute atomic E-state index is 0.0996. The van der Waals surface area contributed by atoms with Gasteiger partial charge in [-0.3, -0.25) is 9.59 Å². The topological polar surface area (TPSA) is 139 Å². The highest BCUT2D eigenvalue weighted by Crippen LogP contribution is 2.27. The third kappa shape index (κ3) is 4.60. The lowest BCUT2D eigenvalue weighted by molar-refractivity contribution is -0.116. The van der Waals surface area contributed by atoms with Crippen molar-refractivity contribution >= 4 is 35.0 Å². The zero-order valence-electron chi connectivity index (χ0n) is 14.7. The summed E-state index contributed by atoms with van der Waals surface area (Å²) >= 11 is 0. The van der Waals surface area contributed by atoms with Crippen LogP contribution in [0.4, 0.5) is 27.5 Å². The number of anilines is 4. The maximum Gasteiger partial charge on any atom is 0.254 e. The summed E-state index contributed by atoms with van der Waals surface area (Å²) in [5.41, 5.74) is 11.3. The molecule has 1 aliphatic rings. The van der Waals surface area contributed by atoms with Crippen molar-refractivity contribution in [3.8, 4) is 0 Å². The van der Waals surface area contributed by atoms with Gasteiger partial charge in [0.05, 0.1) is 17.8 Å². The van der Waals surface area contributed by atoms with Gasteiger partial charge in [-0.25, -0.2) is 9.37 Å². The van der Waals surface area contributed by atoms with Crippen LogP contribution >= 0.6 is 0 Å². The molecule has 142 valence electrons. The summed E-state index contributed by atoms with van der Waals surface area (Å²) in [4.78, 5) is 32.2. The second-order valence-corrected chi connectivity index (χ2v) is 6.35. The number of carbonyl (C=O) groups excluding carboxylic acids is 2. The van der Waals surface area contributed by atoms with Crippen molar-refractivity contribution in [1.29, 1.82) is 0 Å². The predicted molar refractivity (Wildman–Crippen MR) is 99.3 cm³/mol. The predicted octanol–water partition coefficient (Wildman–Crippen LogP) is 0.954. The van der Waals surface area contributed by atoms with Crippen LogP contribution in [0.1, 0.15) is 23.2 Å². The second-order valence-electron chi connectivity index (χ2n) is 6.35. The number of amides is 2. The quantitative estimate of drug-likeness (QED) is 0.540. The van der Waals surface area contributed by atoms with E-state index in [1.54, 1.807) is 13.1 Å². The first-order valence-corrected chi connectivity index (χ1v) is 8.33. The molecule has 10 heteroatoms. The van der Waals surface area contributed by atoms with Crippen LogP contribution in [-0.4, -0.2) is 41.4 Å². The monoisotopic (exact) mass is 373 g/mol. The van der Waals surface area contributed by atoms with Gasteiger partial charge in [0.2, 0.25) is 11.9 Å². The summed E-state index contributed by atoms with van der Waals surface area (Å²) in [6.07, 6.45) is 3.32. The smallest absolute Gasteiger partial charge is 0.254 e. The summed E-state index contributed by atoms with van der Waals surface area (Å²) in [6, 6.07) is 4.66. The van der Waals surface area contributed by atoms with Gasteiger partial charge < -0.3 is 27.0 Å². The van der Waals surface area contributed by atoms with Crippen LogP contribution in [0, 0.1) is 5.82 Å². The first kappa shape index (κ1) is 18.4. The highest BCUT2D eigenvalue weighted by Gasteiger charge is 2.24. The molecule has 9 nitrogen and oxygen atoms in total. The molecule has 2 aromatic rings. The number of likely N-dealkylation sites (N-methyl/N-ethyl adjacent to an activating group) is 1. The lowest BCUT2D eigenvalue weighted by atomic mass is 10.2. The molecule has 1 aliphatic carbocycles. The van der Waals surface area contributed by atoms with Crippen LogP contribution in [0.5, 0.6) is 0 Å². The van der Waals surface area contributed by atoms with Crippen LogP contribution in [0.15, 0.2) is 24.4 Å². The van der Waals surface area contributed by atoms with Crippen LogP contribution in [-0.2, 0) is 4.79 Å². The Labute approximate surface area is 155 Å². The van der Waals surface area contributed by atoms with Crippen molar-refractivity contribution in [2.24, 2.45) is 11.5 Å². The summed E-state index contributed by atoms with van der Waals surface area (Å²) in [5.74, 6) is -1.18. The molecule has 3 rings (SSSR count). The number of primary amides is 2. The summed E-state index contributed by atoms with van der Waals surface area (Å²) in [7, 11) is 1.57. The molecular weight excluding hydrogens is 353 g/mol. The van der Waals surface area contributed by atoms with Crippen molar-refractivity contribution in [1.82, 2.24) is 9.97 Å². The molecule has 1 aromatic carbocycles.